The number of hydrogen-bond acceptors (Lipinski definition) is 10. The molecule has 0 bridgehead atoms. The molecule has 2 aromatic carbocycles. The second-order valence-corrected chi connectivity index (χ2v) is 17.4. The fourth-order valence-electron chi connectivity index (χ4n) is 9.09. The summed E-state index contributed by atoms with van der Waals surface area (Å²) < 4.78 is 16.5. The van der Waals surface area contributed by atoms with Crippen LogP contribution in [0.3, 0.4) is 0 Å². The van der Waals surface area contributed by atoms with Gasteiger partial charge in [0.1, 0.15) is 6.61 Å². The van der Waals surface area contributed by atoms with Crippen LogP contribution in [0, 0.1) is 18.8 Å². The molecular weight excluding hydrogens is 795 g/mol. The highest BCUT2D eigenvalue weighted by Crippen LogP contribution is 2.27. The number of carbonyl (C=O) groups is 5. The minimum Gasteiger partial charge on any atom is -0.464 e. The number of benzene rings is 2. The van der Waals surface area contributed by atoms with Gasteiger partial charge in [0.2, 0.25) is 5.91 Å². The van der Waals surface area contributed by atoms with Crippen molar-refractivity contribution in [3.63, 3.8) is 0 Å². The van der Waals surface area contributed by atoms with Gasteiger partial charge in [-0.25, -0.2) is 14.4 Å². The van der Waals surface area contributed by atoms with Crippen LogP contribution in [0.4, 0.5) is 15.3 Å². The molecule has 3 aromatic rings. The number of aromatic amines is 1. The molecule has 4 fully saturated rings. The van der Waals surface area contributed by atoms with Crippen molar-refractivity contribution in [1.82, 2.24) is 29.5 Å². The number of oxazole rings is 1. The molecular formula is C46H65N7O9. The Morgan fingerprint density at radius 3 is 2.29 bits per heavy atom. The minimum atomic E-state index is -1.00. The molecule has 1 atom stereocenters. The zero-order valence-corrected chi connectivity index (χ0v) is 35.8. The van der Waals surface area contributed by atoms with Gasteiger partial charge in [0.25, 0.3) is 5.91 Å². The number of H-pyrrole nitrogens is 1. The van der Waals surface area contributed by atoms with Gasteiger partial charge in [0, 0.05) is 63.8 Å². The maximum Gasteiger partial charge on any atom is 0.417 e. The third kappa shape index (κ3) is 11.5. The average molecular weight is 860 g/mol. The van der Waals surface area contributed by atoms with Crippen LogP contribution in [0.25, 0.3) is 11.1 Å². The van der Waals surface area contributed by atoms with Crippen molar-refractivity contribution < 1.29 is 37.9 Å². The van der Waals surface area contributed by atoms with Crippen LogP contribution < -0.4 is 11.1 Å². The summed E-state index contributed by atoms with van der Waals surface area (Å²) in [6, 6.07) is 11.4. The van der Waals surface area contributed by atoms with Crippen molar-refractivity contribution in [2.75, 3.05) is 77.9 Å². The van der Waals surface area contributed by atoms with Crippen LogP contribution in [-0.4, -0.2) is 144 Å². The molecule has 16 heteroatoms. The minimum absolute atomic E-state index is 0. The van der Waals surface area contributed by atoms with Crippen LogP contribution >= 0.6 is 0 Å². The molecule has 16 nitrogen and oxygen atoms in total. The first-order valence-electron chi connectivity index (χ1n) is 22.1. The quantitative estimate of drug-likeness (QED) is 0.264. The maximum atomic E-state index is 13.7. The summed E-state index contributed by atoms with van der Waals surface area (Å²) in [6.45, 7) is 10.4. The summed E-state index contributed by atoms with van der Waals surface area (Å²) in [7, 11) is 2.07. The lowest BCUT2D eigenvalue weighted by Crippen LogP contribution is -2.51. The molecule has 0 radical (unpaired) electrons. The first-order valence-corrected chi connectivity index (χ1v) is 22.1. The lowest BCUT2D eigenvalue weighted by Gasteiger charge is -2.38. The lowest BCUT2D eigenvalue weighted by atomic mass is 9.97. The second kappa shape index (κ2) is 21.1. The number of ether oxygens (including phenoxy) is 2. The summed E-state index contributed by atoms with van der Waals surface area (Å²) in [4.78, 5) is 87.1. The van der Waals surface area contributed by atoms with E-state index in [-0.39, 0.29) is 49.6 Å². The number of para-hydroxylation sites is 1. The zero-order valence-electron chi connectivity index (χ0n) is 35.8. The Morgan fingerprint density at radius 2 is 1.58 bits per heavy atom. The van der Waals surface area contributed by atoms with Crippen LogP contribution in [0.15, 0.2) is 45.6 Å². The van der Waals surface area contributed by atoms with Gasteiger partial charge in [-0.2, -0.15) is 0 Å². The first-order chi connectivity index (χ1) is 29.4. The Kier molecular flexibility index (Phi) is 15.7. The maximum absolute atomic E-state index is 13.7. The smallest absolute Gasteiger partial charge is 0.417 e. The van der Waals surface area contributed by atoms with Gasteiger partial charge in [-0.1, -0.05) is 38.6 Å². The van der Waals surface area contributed by atoms with E-state index in [1.165, 1.54) is 0 Å². The van der Waals surface area contributed by atoms with E-state index in [1.54, 1.807) is 20.8 Å². The molecule has 0 unspecified atom stereocenters. The van der Waals surface area contributed by atoms with Gasteiger partial charge in [-0.15, -0.1) is 0 Å². The number of amides is 5. The number of anilines is 1. The fraction of sp³-hybridized carbons (Fsp3) is 0.609. The molecule has 338 valence electrons. The number of rotatable bonds is 9. The van der Waals surface area contributed by atoms with Gasteiger partial charge in [-0.3, -0.25) is 19.4 Å². The Morgan fingerprint density at radius 1 is 0.871 bits per heavy atom. The summed E-state index contributed by atoms with van der Waals surface area (Å²) in [6.07, 6.45) is 5.84. The predicted octanol–water partition coefficient (Wildman–Crippen LogP) is 5.42. The van der Waals surface area contributed by atoms with E-state index in [0.717, 1.165) is 80.5 Å². The molecule has 5 aliphatic rings. The Balaban J connectivity index is 0.000000283. The van der Waals surface area contributed by atoms with Crippen LogP contribution in [0.5, 0.6) is 0 Å². The zero-order chi connectivity index (χ0) is 43.0. The molecule has 0 aliphatic carbocycles. The summed E-state index contributed by atoms with van der Waals surface area (Å²) >= 11 is 0. The molecule has 6 heterocycles. The molecule has 5 aliphatic heterocycles. The molecule has 2 N–H and O–H groups in total. The van der Waals surface area contributed by atoms with E-state index in [1.807, 2.05) is 42.2 Å². The number of aromatic nitrogens is 1. The van der Waals surface area contributed by atoms with Gasteiger partial charge < -0.3 is 43.7 Å². The molecule has 5 amide bonds. The standard InChI is InChI=1S/C32H39N5O6.C13H22N2O3.CH4/c1-20-7-12-35(13-8-20)29(38)27(19-22-17-21(2)28-26(18-22)42-31(40)34-28)43-32(41)36-14-10-24(11-15-36)37-16-9-23-5-3-4-6-25(23)33-30(37)39;1-14-7-4-11(5-8-14)13(17)18-10-9-15-6-2-3-12(15)16;/h3-6,17-18,20,24,27H,7-16,19H2,1-2H3,(H,33,39)(H,34,40);11H,2-10H2,1H3;1H4/t27-;;/m1../s1. The van der Waals surface area contributed by atoms with Gasteiger partial charge in [0.15, 0.2) is 11.7 Å². The Bertz CT molecular complexity index is 2090. The molecule has 4 saturated heterocycles. The van der Waals surface area contributed by atoms with Crippen molar-refractivity contribution in [3.8, 4) is 0 Å². The lowest BCUT2D eigenvalue weighted by molar-refractivity contribution is -0.151. The van der Waals surface area contributed by atoms with E-state index in [2.05, 4.69) is 29.2 Å². The van der Waals surface area contributed by atoms with E-state index in [4.69, 9.17) is 13.9 Å². The van der Waals surface area contributed by atoms with Gasteiger partial charge >= 0.3 is 23.8 Å². The Labute approximate surface area is 364 Å². The highest BCUT2D eigenvalue weighted by atomic mass is 16.6. The number of fused-ring (bicyclic) bond motifs is 2. The number of piperidine rings is 3. The highest BCUT2D eigenvalue weighted by Gasteiger charge is 2.35. The first kappa shape index (κ1) is 46.1. The summed E-state index contributed by atoms with van der Waals surface area (Å²) in [5.74, 6) is -0.0459. The van der Waals surface area contributed by atoms with E-state index >= 15 is 0 Å². The monoisotopic (exact) mass is 859 g/mol. The number of nitrogens with zero attached hydrogens (tertiary/aromatic N) is 5. The van der Waals surface area contributed by atoms with Crippen LogP contribution in [-0.2, 0) is 36.7 Å². The number of urea groups is 1. The third-order valence-electron chi connectivity index (χ3n) is 13.0. The van der Waals surface area contributed by atoms with Crippen molar-refractivity contribution in [2.45, 2.75) is 97.6 Å². The highest BCUT2D eigenvalue weighted by molar-refractivity contribution is 5.91. The number of nitrogens with one attached hydrogen (secondary N) is 2. The Hall–Kier alpha value is -5.38. The SMILES string of the molecule is C.CN1CCC(C(=O)OCCN2CCCC2=O)CC1.Cc1cc(C[C@@H](OC(=O)N2CCC(N3CCc4ccccc4NC3=O)CC2)C(=O)N2CCC(C)CC2)cc2oc(=O)[nH]c12. The van der Waals surface area contributed by atoms with Crippen molar-refractivity contribution in [3.05, 3.63) is 63.6 Å². The largest absolute Gasteiger partial charge is 0.464 e. The summed E-state index contributed by atoms with van der Waals surface area (Å²) in [5, 5.41) is 3.03. The van der Waals surface area contributed by atoms with E-state index in [9.17, 15) is 28.8 Å². The van der Waals surface area contributed by atoms with Gasteiger partial charge in [-0.05, 0) is 113 Å². The van der Waals surface area contributed by atoms with Crippen molar-refractivity contribution >= 4 is 46.7 Å². The molecule has 8 rings (SSSR count). The topological polar surface area (TPSA) is 178 Å². The summed E-state index contributed by atoms with van der Waals surface area (Å²) in [5.41, 5.74) is 4.55. The fourth-order valence-corrected chi connectivity index (χ4v) is 9.09. The van der Waals surface area contributed by atoms with E-state index < -0.39 is 18.0 Å². The molecule has 1 aromatic heterocycles. The number of carbonyl (C=O) groups excluding carboxylic acids is 5. The number of likely N-dealkylation sites (tertiary alicyclic amines) is 4. The number of hydrogen-bond donors (Lipinski definition) is 2. The molecule has 0 spiro atoms. The van der Waals surface area contributed by atoms with Crippen LogP contribution in [0.2, 0.25) is 0 Å². The van der Waals surface area contributed by atoms with Crippen molar-refractivity contribution in [2.24, 2.45) is 11.8 Å². The predicted molar refractivity (Wildman–Crippen MR) is 235 cm³/mol. The number of aryl methyl sites for hydroxylation is 1. The van der Waals surface area contributed by atoms with E-state index in [0.29, 0.717) is 82.2 Å². The van der Waals surface area contributed by atoms with Crippen molar-refractivity contribution in [1.29, 1.82) is 0 Å². The normalized spacial score (nSPS) is 19.8. The average Bonchev–Trinajstić information content (AvgIpc) is 3.80. The molecule has 0 saturated carbocycles. The second-order valence-electron chi connectivity index (χ2n) is 17.4. The van der Waals surface area contributed by atoms with Crippen LogP contribution in [0.1, 0.15) is 82.4 Å². The van der Waals surface area contributed by atoms with Gasteiger partial charge in [0.05, 0.1) is 18.0 Å². The number of esters is 1. The molecule has 62 heavy (non-hydrogen) atoms. The third-order valence-corrected chi connectivity index (χ3v) is 13.0.